The average molecular weight is 667 g/mol. The summed E-state index contributed by atoms with van der Waals surface area (Å²) in [6.07, 6.45) is 0. The van der Waals surface area contributed by atoms with Crippen LogP contribution in [-0.4, -0.2) is 23.0 Å². The number of nitrogens with zero attached hydrogens (tertiary/aromatic N) is 3. The molecule has 0 N–H and O–H groups in total. The molecule has 9 aromatic rings. The van der Waals surface area contributed by atoms with E-state index in [-0.39, 0.29) is 69.1 Å². The van der Waals surface area contributed by atoms with Gasteiger partial charge in [0.25, 0.3) is 0 Å². The third-order valence-electron chi connectivity index (χ3n) is 9.62. The average Bonchev–Trinajstić information content (AvgIpc) is 3.76. The van der Waals surface area contributed by atoms with Crippen LogP contribution in [0.2, 0.25) is 13.1 Å². The van der Waals surface area contributed by atoms with Crippen LogP contribution in [0.5, 0.6) is 0 Å². The molecule has 0 amide bonds. The molecule has 50 heavy (non-hydrogen) atoms. The first kappa shape index (κ1) is 21.0. The zero-order valence-electron chi connectivity index (χ0n) is 36.0. The zero-order chi connectivity index (χ0) is 41.2. The van der Waals surface area contributed by atoms with Gasteiger partial charge in [-0.25, -0.2) is 15.0 Å². The molecule has 236 valence electrons. The van der Waals surface area contributed by atoms with Crippen molar-refractivity contribution in [2.24, 2.45) is 0 Å². The van der Waals surface area contributed by atoms with Gasteiger partial charge in [0.15, 0.2) is 17.5 Å². The maximum Gasteiger partial charge on any atom is 0.164 e. The Bertz CT molecular complexity index is 3300. The van der Waals surface area contributed by atoms with E-state index >= 15 is 0 Å². The van der Waals surface area contributed by atoms with Crippen LogP contribution < -0.4 is 10.4 Å². The van der Waals surface area contributed by atoms with Crippen LogP contribution in [0.15, 0.2) is 156 Å². The molecule has 0 saturated carbocycles. The van der Waals surface area contributed by atoms with Crippen LogP contribution in [0.4, 0.5) is 0 Å². The van der Waals surface area contributed by atoms with Crippen LogP contribution in [0, 0.1) is 0 Å². The van der Waals surface area contributed by atoms with E-state index in [1.807, 2.05) is 110 Å². The number of benzene rings is 7. The molecule has 0 saturated heterocycles. The number of rotatable bonds is 4. The lowest BCUT2D eigenvalue weighted by Crippen LogP contribution is -2.49. The summed E-state index contributed by atoms with van der Waals surface area (Å²) in [6.45, 7) is 3.86. The van der Waals surface area contributed by atoms with E-state index in [1.165, 1.54) is 0 Å². The molecule has 1 aliphatic heterocycles. The Labute approximate surface area is 303 Å². The van der Waals surface area contributed by atoms with E-state index in [1.54, 1.807) is 0 Å². The highest BCUT2D eigenvalue weighted by Gasteiger charge is 2.40. The van der Waals surface area contributed by atoms with Crippen LogP contribution in [0.25, 0.3) is 89.1 Å². The minimum absolute atomic E-state index is 0.0208. The summed E-state index contributed by atoms with van der Waals surface area (Å²) < 4.78 is 87.2. The summed E-state index contributed by atoms with van der Waals surface area (Å²) >= 11 is 0. The number of hydrogen-bond acceptors (Lipinski definition) is 4. The molecule has 4 nitrogen and oxygen atoms in total. The molecule has 0 bridgehead atoms. The highest BCUT2D eigenvalue weighted by atomic mass is 28.3. The maximum absolute atomic E-state index is 10.1. The lowest BCUT2D eigenvalue weighted by molar-refractivity contribution is 0.670. The molecule has 10 rings (SSSR count). The van der Waals surface area contributed by atoms with Gasteiger partial charge in [-0.1, -0.05) is 146 Å². The summed E-state index contributed by atoms with van der Waals surface area (Å²) in [5.74, 6) is 0.684. The molecule has 0 radical (unpaired) electrons. The second kappa shape index (κ2) is 10.9. The van der Waals surface area contributed by atoms with Crippen LogP contribution in [-0.2, 0) is 0 Å². The molecule has 1 aliphatic rings. The summed E-state index contributed by atoms with van der Waals surface area (Å²) in [7, 11) is -3.16. The Morgan fingerprint density at radius 2 is 1.20 bits per heavy atom. The number of hydrogen-bond donors (Lipinski definition) is 0. The minimum atomic E-state index is -3.16. The molecule has 0 fully saturated rings. The molecule has 0 aliphatic carbocycles. The van der Waals surface area contributed by atoms with Crippen molar-refractivity contribution in [2.45, 2.75) is 13.1 Å². The molecule has 0 spiro atoms. The van der Waals surface area contributed by atoms with Crippen molar-refractivity contribution < 1.29 is 16.8 Å². The molecule has 2 aromatic heterocycles. The molecule has 0 unspecified atom stereocenters. The quantitative estimate of drug-likeness (QED) is 0.175. The summed E-state index contributed by atoms with van der Waals surface area (Å²) in [5, 5.41) is 3.05. The Balaban J connectivity index is 1.34. The summed E-state index contributed by atoms with van der Waals surface area (Å²) in [6, 6.07) is 28.4. The SMILES string of the molecule is [2H]c1c([2H])c([2H])c2c(c1[2H])-c1c(c([2H])c(-c3nc(-c4ccc(-c5ccccc5)cc4)nc(-c4ccc5ccccc5c4)n3)c3c1oc1c([2H])c([2H])c([2H])c([2H])c13)[Si]2(C)C. The van der Waals surface area contributed by atoms with Crippen molar-refractivity contribution in [2.75, 3.05) is 0 Å². The fourth-order valence-electron chi connectivity index (χ4n) is 7.08. The highest BCUT2D eigenvalue weighted by Crippen LogP contribution is 2.43. The largest absolute Gasteiger partial charge is 0.455 e. The Hall–Kier alpha value is -6.17. The highest BCUT2D eigenvalue weighted by molar-refractivity contribution is 7.04. The van der Waals surface area contributed by atoms with Gasteiger partial charge in [0.2, 0.25) is 0 Å². The van der Waals surface area contributed by atoms with Crippen molar-refractivity contribution in [1.29, 1.82) is 0 Å². The van der Waals surface area contributed by atoms with E-state index in [0.29, 0.717) is 38.7 Å². The lowest BCUT2D eigenvalue weighted by Gasteiger charge is -2.19. The van der Waals surface area contributed by atoms with Crippen molar-refractivity contribution >= 4 is 51.2 Å². The van der Waals surface area contributed by atoms with Gasteiger partial charge in [-0.2, -0.15) is 0 Å². The van der Waals surface area contributed by atoms with Crippen molar-refractivity contribution in [3.05, 3.63) is 151 Å². The van der Waals surface area contributed by atoms with Gasteiger partial charge < -0.3 is 4.42 Å². The fraction of sp³-hybridized carbons (Fsp3) is 0.0444. The van der Waals surface area contributed by atoms with Gasteiger partial charge in [-0.3, -0.25) is 0 Å². The van der Waals surface area contributed by atoms with Crippen molar-refractivity contribution in [3.63, 3.8) is 0 Å². The number of furan rings is 1. The second-order valence-electron chi connectivity index (χ2n) is 12.9. The molecule has 3 heterocycles. The Kier molecular flexibility index (Phi) is 4.59. The van der Waals surface area contributed by atoms with Crippen molar-refractivity contribution in [3.8, 4) is 56.4 Å². The van der Waals surface area contributed by atoms with Gasteiger partial charge in [0.1, 0.15) is 19.2 Å². The molecular weight excluding hydrogens is 627 g/mol. The van der Waals surface area contributed by atoms with E-state index in [0.717, 1.165) is 21.9 Å². The standard InChI is InChI=1S/C45H31N3OSi/c1-50(2)38-19-11-9-17-35(38)41-39(50)27-36(40-34-16-8-10-18-37(34)49-42(40)41)45-47-43(31-23-20-30(21-24-31)28-12-4-3-5-13-28)46-44(48-45)33-25-22-29-14-6-7-15-32(29)26-33/h3-27H,1-2H3/i8D,9D,10D,11D,16D,17D,18D,19D,27D. The van der Waals surface area contributed by atoms with E-state index in [2.05, 4.69) is 0 Å². The predicted molar refractivity (Wildman–Crippen MR) is 209 cm³/mol. The van der Waals surface area contributed by atoms with Crippen molar-refractivity contribution in [1.82, 2.24) is 15.0 Å². The third-order valence-corrected chi connectivity index (χ3v) is 12.9. The Morgan fingerprint density at radius 1 is 0.560 bits per heavy atom. The third kappa shape index (κ3) is 4.40. The number of aromatic nitrogens is 3. The van der Waals surface area contributed by atoms with E-state index in [4.69, 9.17) is 30.3 Å². The van der Waals surface area contributed by atoms with Gasteiger partial charge in [0.05, 0.1) is 12.3 Å². The topological polar surface area (TPSA) is 51.8 Å². The first-order valence-corrected chi connectivity index (χ1v) is 19.3. The van der Waals surface area contributed by atoms with Gasteiger partial charge in [-0.15, -0.1) is 0 Å². The first-order chi connectivity index (χ1) is 28.3. The monoisotopic (exact) mass is 666 g/mol. The van der Waals surface area contributed by atoms with Gasteiger partial charge in [0, 0.05) is 33.0 Å². The van der Waals surface area contributed by atoms with Gasteiger partial charge >= 0.3 is 0 Å². The van der Waals surface area contributed by atoms with E-state index < -0.39 is 32.2 Å². The Morgan fingerprint density at radius 3 is 2.04 bits per heavy atom. The summed E-state index contributed by atoms with van der Waals surface area (Å²) in [4.78, 5) is 15.1. The fourth-order valence-corrected chi connectivity index (χ4v) is 9.82. The first-order valence-electron chi connectivity index (χ1n) is 20.8. The van der Waals surface area contributed by atoms with Crippen LogP contribution in [0.3, 0.4) is 0 Å². The van der Waals surface area contributed by atoms with Crippen LogP contribution in [0.1, 0.15) is 12.3 Å². The number of para-hydroxylation sites is 1. The zero-order valence-corrected chi connectivity index (χ0v) is 28.0. The molecule has 0 atom stereocenters. The maximum atomic E-state index is 10.1. The lowest BCUT2D eigenvalue weighted by atomic mass is 9.98. The number of fused-ring (bicyclic) bond motifs is 8. The van der Waals surface area contributed by atoms with E-state index in [9.17, 15) is 1.37 Å². The normalized spacial score (nSPS) is 15.7. The smallest absolute Gasteiger partial charge is 0.164 e. The van der Waals surface area contributed by atoms with Gasteiger partial charge in [-0.05, 0) is 56.0 Å². The van der Waals surface area contributed by atoms with Crippen LogP contribution >= 0.6 is 0 Å². The summed E-state index contributed by atoms with van der Waals surface area (Å²) in [5.41, 5.74) is 3.98. The molecule has 5 heteroatoms. The molecular formula is C45H31N3OSi. The predicted octanol–water partition coefficient (Wildman–Crippen LogP) is 10.4. The minimum Gasteiger partial charge on any atom is -0.455 e. The second-order valence-corrected chi connectivity index (χ2v) is 17.2. The molecule has 7 aromatic carbocycles.